The van der Waals surface area contributed by atoms with E-state index in [0.29, 0.717) is 11.5 Å². The summed E-state index contributed by atoms with van der Waals surface area (Å²) < 4.78 is 21.1. The zero-order valence-electron chi connectivity index (χ0n) is 10.7. The number of hydrogen-bond acceptors (Lipinski definition) is 6. The zero-order chi connectivity index (χ0) is 13.4. The molecule has 0 saturated carbocycles. The lowest BCUT2D eigenvalue weighted by Crippen LogP contribution is -2.21. The number of ether oxygens (including phenoxy) is 4. The van der Waals surface area contributed by atoms with E-state index in [-0.39, 0.29) is 13.5 Å². The topological polar surface area (TPSA) is 89.0 Å². The van der Waals surface area contributed by atoms with E-state index in [2.05, 4.69) is 0 Å². The number of nitrogens with two attached hydrogens (primary N) is 2. The second-order valence-electron chi connectivity index (χ2n) is 3.51. The van der Waals surface area contributed by atoms with Gasteiger partial charge in [-0.2, -0.15) is 0 Å². The summed E-state index contributed by atoms with van der Waals surface area (Å²) >= 11 is 0. The fraction of sp³-hybridized carbons (Fsp3) is 0.500. The smallest absolute Gasteiger partial charge is 0.198 e. The molecule has 2 atom stereocenters. The van der Waals surface area contributed by atoms with Gasteiger partial charge in [0.15, 0.2) is 12.6 Å². The molecular weight excluding hydrogens is 236 g/mol. The maximum Gasteiger partial charge on any atom is 0.198 e. The molecule has 6 heteroatoms. The molecule has 0 aliphatic rings. The molecule has 1 rings (SSSR count). The summed E-state index contributed by atoms with van der Waals surface area (Å²) in [6.07, 6.45) is -0.828. The first kappa shape index (κ1) is 14.7. The van der Waals surface area contributed by atoms with Gasteiger partial charge in [-0.05, 0) is 26.0 Å². The van der Waals surface area contributed by atoms with Gasteiger partial charge in [-0.15, -0.1) is 0 Å². The van der Waals surface area contributed by atoms with Crippen molar-refractivity contribution >= 4 is 0 Å². The Labute approximate surface area is 107 Å². The molecule has 1 aromatic rings. The van der Waals surface area contributed by atoms with E-state index in [1.54, 1.807) is 32.0 Å². The summed E-state index contributed by atoms with van der Waals surface area (Å²) in [5, 5.41) is 0. The Balaban J connectivity index is 2.56. The molecule has 0 spiro atoms. The Kier molecular flexibility index (Phi) is 6.45. The SMILES string of the molecule is CC(OCN)Oc1cccc(OC(C)OCN)c1. The molecule has 0 heterocycles. The molecule has 4 N–H and O–H groups in total. The van der Waals surface area contributed by atoms with Gasteiger partial charge in [0.05, 0.1) is 13.5 Å². The van der Waals surface area contributed by atoms with Crippen molar-refractivity contribution in [3.63, 3.8) is 0 Å². The van der Waals surface area contributed by atoms with Crippen LogP contribution in [0.5, 0.6) is 11.5 Å². The first-order chi connectivity index (χ1) is 8.65. The third-order valence-corrected chi connectivity index (χ3v) is 2.07. The van der Waals surface area contributed by atoms with Crippen LogP contribution < -0.4 is 20.9 Å². The van der Waals surface area contributed by atoms with Gasteiger partial charge in [-0.1, -0.05) is 6.07 Å². The molecule has 2 unspecified atom stereocenters. The van der Waals surface area contributed by atoms with Crippen LogP contribution in [0.3, 0.4) is 0 Å². The van der Waals surface area contributed by atoms with Crippen LogP contribution in [-0.2, 0) is 9.47 Å². The van der Waals surface area contributed by atoms with Crippen LogP contribution in [0.25, 0.3) is 0 Å². The molecule has 6 nitrogen and oxygen atoms in total. The standard InChI is InChI=1S/C12H20N2O4/c1-9(15-7-13)17-11-4-3-5-12(6-11)18-10(2)16-8-14/h3-6,9-10H,7-8,13-14H2,1-2H3. The number of hydrogen-bond donors (Lipinski definition) is 2. The Morgan fingerprint density at radius 2 is 1.39 bits per heavy atom. The number of rotatable bonds is 8. The van der Waals surface area contributed by atoms with Gasteiger partial charge < -0.3 is 30.4 Å². The highest BCUT2D eigenvalue weighted by Gasteiger charge is 2.06. The molecule has 0 saturated heterocycles. The third-order valence-electron chi connectivity index (χ3n) is 2.07. The highest BCUT2D eigenvalue weighted by molar-refractivity contribution is 5.33. The van der Waals surface area contributed by atoms with Crippen LogP contribution in [0.1, 0.15) is 13.8 Å². The second-order valence-corrected chi connectivity index (χ2v) is 3.51. The predicted octanol–water partition coefficient (Wildman–Crippen LogP) is 1.00. The second kappa shape index (κ2) is 7.88. The molecule has 102 valence electrons. The Bertz CT molecular complexity index is 319. The Morgan fingerprint density at radius 3 is 1.78 bits per heavy atom. The minimum absolute atomic E-state index is 0.110. The van der Waals surface area contributed by atoms with Crippen molar-refractivity contribution in [1.82, 2.24) is 0 Å². The summed E-state index contributed by atoms with van der Waals surface area (Å²) in [5.74, 6) is 1.27. The fourth-order valence-corrected chi connectivity index (χ4v) is 1.34. The van der Waals surface area contributed by atoms with E-state index in [0.717, 1.165) is 0 Å². The van der Waals surface area contributed by atoms with Gasteiger partial charge in [-0.25, -0.2) is 0 Å². The van der Waals surface area contributed by atoms with E-state index in [1.165, 1.54) is 0 Å². The first-order valence-corrected chi connectivity index (χ1v) is 5.72. The van der Waals surface area contributed by atoms with Crippen molar-refractivity contribution in [1.29, 1.82) is 0 Å². The largest absolute Gasteiger partial charge is 0.465 e. The van der Waals surface area contributed by atoms with E-state index in [4.69, 9.17) is 30.4 Å². The van der Waals surface area contributed by atoms with E-state index < -0.39 is 12.6 Å². The summed E-state index contributed by atoms with van der Waals surface area (Å²) in [6, 6.07) is 7.16. The zero-order valence-corrected chi connectivity index (χ0v) is 10.7. The van der Waals surface area contributed by atoms with Crippen LogP contribution >= 0.6 is 0 Å². The molecule has 18 heavy (non-hydrogen) atoms. The van der Waals surface area contributed by atoms with Crippen molar-refractivity contribution in [3.05, 3.63) is 24.3 Å². The fourth-order valence-electron chi connectivity index (χ4n) is 1.34. The van der Waals surface area contributed by atoms with Crippen LogP contribution in [0.15, 0.2) is 24.3 Å². The first-order valence-electron chi connectivity index (χ1n) is 5.72. The quantitative estimate of drug-likeness (QED) is 0.674. The summed E-state index contributed by atoms with van der Waals surface area (Å²) in [6.45, 7) is 3.75. The lowest BCUT2D eigenvalue weighted by Gasteiger charge is -2.17. The molecule has 0 fully saturated rings. The van der Waals surface area contributed by atoms with Crippen molar-refractivity contribution < 1.29 is 18.9 Å². The van der Waals surface area contributed by atoms with Gasteiger partial charge in [0, 0.05) is 6.07 Å². The molecule has 0 amide bonds. The summed E-state index contributed by atoms with van der Waals surface area (Å²) in [7, 11) is 0. The van der Waals surface area contributed by atoms with Crippen LogP contribution in [0.2, 0.25) is 0 Å². The number of benzene rings is 1. The van der Waals surface area contributed by atoms with Crippen molar-refractivity contribution in [3.8, 4) is 11.5 Å². The van der Waals surface area contributed by atoms with Gasteiger partial charge in [0.2, 0.25) is 0 Å². The van der Waals surface area contributed by atoms with Crippen molar-refractivity contribution in [2.45, 2.75) is 26.4 Å². The minimum Gasteiger partial charge on any atom is -0.465 e. The Morgan fingerprint density at radius 1 is 0.944 bits per heavy atom. The van der Waals surface area contributed by atoms with E-state index in [1.807, 2.05) is 6.07 Å². The van der Waals surface area contributed by atoms with Crippen LogP contribution in [-0.4, -0.2) is 26.0 Å². The average molecular weight is 256 g/mol. The normalized spacial score (nSPS) is 14.0. The van der Waals surface area contributed by atoms with E-state index in [9.17, 15) is 0 Å². The van der Waals surface area contributed by atoms with E-state index >= 15 is 0 Å². The summed E-state index contributed by atoms with van der Waals surface area (Å²) in [4.78, 5) is 0. The maximum atomic E-state index is 5.49. The molecule has 0 aliphatic carbocycles. The molecule has 0 bridgehead atoms. The molecule has 1 aromatic carbocycles. The van der Waals surface area contributed by atoms with Gasteiger partial charge in [0.1, 0.15) is 11.5 Å². The van der Waals surface area contributed by atoms with Gasteiger partial charge in [-0.3, -0.25) is 0 Å². The van der Waals surface area contributed by atoms with Crippen molar-refractivity contribution in [2.24, 2.45) is 11.5 Å². The average Bonchev–Trinajstić information content (AvgIpc) is 2.29. The van der Waals surface area contributed by atoms with Crippen LogP contribution in [0.4, 0.5) is 0 Å². The predicted molar refractivity (Wildman–Crippen MR) is 66.9 cm³/mol. The molecular formula is C12H20N2O4. The van der Waals surface area contributed by atoms with Gasteiger partial charge in [0.25, 0.3) is 0 Å². The lowest BCUT2D eigenvalue weighted by molar-refractivity contribution is -0.0677. The third kappa shape index (κ3) is 5.33. The maximum absolute atomic E-state index is 5.49. The van der Waals surface area contributed by atoms with Crippen LogP contribution in [0, 0.1) is 0 Å². The van der Waals surface area contributed by atoms with Gasteiger partial charge >= 0.3 is 0 Å². The minimum atomic E-state index is -0.414. The molecule has 0 aliphatic heterocycles. The highest BCUT2D eigenvalue weighted by Crippen LogP contribution is 2.21. The van der Waals surface area contributed by atoms with Crippen molar-refractivity contribution in [2.75, 3.05) is 13.5 Å². The molecule has 0 radical (unpaired) electrons. The Hall–Kier alpha value is -1.34. The monoisotopic (exact) mass is 256 g/mol. The summed E-state index contributed by atoms with van der Waals surface area (Å²) in [5.41, 5.74) is 10.5. The lowest BCUT2D eigenvalue weighted by atomic mass is 10.3. The molecule has 0 aromatic heterocycles. The highest BCUT2D eigenvalue weighted by atomic mass is 16.7.